The summed E-state index contributed by atoms with van der Waals surface area (Å²) < 4.78 is 39.8. The highest BCUT2D eigenvalue weighted by Gasteiger charge is 2.34. The first-order valence-electron chi connectivity index (χ1n) is 11.0. The Morgan fingerprint density at radius 2 is 1.89 bits per heavy atom. The van der Waals surface area contributed by atoms with Crippen molar-refractivity contribution in [3.05, 3.63) is 77.1 Å². The fourth-order valence-corrected chi connectivity index (χ4v) is 3.91. The average Bonchev–Trinajstić information content (AvgIpc) is 2.83. The number of alkyl halides is 3. The molecule has 8 nitrogen and oxygen atoms in total. The monoisotopic (exact) mass is 484 g/mol. The normalized spacial score (nSPS) is 14.1. The molecule has 4 heterocycles. The summed E-state index contributed by atoms with van der Waals surface area (Å²) in [5.74, 6) is -0.685. The van der Waals surface area contributed by atoms with Crippen molar-refractivity contribution in [2.24, 2.45) is 5.73 Å². The number of piperidine rings is 1. The van der Waals surface area contributed by atoms with Gasteiger partial charge in [-0.05, 0) is 37.1 Å². The number of carbonyl (C=O) groups excluding carboxylic acids is 2. The maximum atomic E-state index is 13.3. The average molecular weight is 484 g/mol. The predicted octanol–water partition coefficient (Wildman–Crippen LogP) is 3.71. The lowest BCUT2D eigenvalue weighted by Crippen LogP contribution is -2.35. The molecule has 1 saturated heterocycles. The number of hydrogen-bond acceptors (Lipinski definition) is 6. The van der Waals surface area contributed by atoms with Crippen molar-refractivity contribution >= 4 is 23.2 Å². The van der Waals surface area contributed by atoms with Crippen LogP contribution in [0.25, 0.3) is 0 Å². The second-order valence-electron chi connectivity index (χ2n) is 8.13. The van der Waals surface area contributed by atoms with Crippen molar-refractivity contribution in [1.82, 2.24) is 15.0 Å². The Labute approximate surface area is 199 Å². The maximum Gasteiger partial charge on any atom is 0.433 e. The lowest BCUT2D eigenvalue weighted by molar-refractivity contribution is -0.141. The van der Waals surface area contributed by atoms with Gasteiger partial charge >= 0.3 is 6.18 Å². The van der Waals surface area contributed by atoms with E-state index < -0.39 is 17.8 Å². The molecule has 3 aromatic heterocycles. The molecule has 182 valence electrons. The minimum Gasteiger partial charge on any atom is -0.380 e. The number of rotatable bonds is 7. The number of hydrogen-bond donors (Lipinski definition) is 2. The van der Waals surface area contributed by atoms with Crippen LogP contribution in [0.4, 0.5) is 24.5 Å². The number of nitrogens with two attached hydrogens (primary N) is 1. The van der Waals surface area contributed by atoms with Gasteiger partial charge in [0.25, 0.3) is 5.91 Å². The number of pyridine rings is 3. The first-order chi connectivity index (χ1) is 16.7. The third-order valence-corrected chi connectivity index (χ3v) is 5.66. The Hall–Kier alpha value is -4.02. The molecule has 4 rings (SSSR count). The Balaban J connectivity index is 1.52. The third-order valence-electron chi connectivity index (χ3n) is 5.66. The van der Waals surface area contributed by atoms with Gasteiger partial charge in [-0.25, -0.2) is 0 Å². The lowest BCUT2D eigenvalue weighted by Gasteiger charge is -2.26. The van der Waals surface area contributed by atoms with E-state index >= 15 is 0 Å². The summed E-state index contributed by atoms with van der Waals surface area (Å²) in [7, 11) is 0. The molecule has 0 aromatic carbocycles. The molecule has 1 aliphatic heterocycles. The summed E-state index contributed by atoms with van der Waals surface area (Å²) in [4.78, 5) is 37.8. The highest BCUT2D eigenvalue weighted by Crippen LogP contribution is 2.30. The number of primary amides is 1. The summed E-state index contributed by atoms with van der Waals surface area (Å²) in [5.41, 5.74) is 6.61. The van der Waals surface area contributed by atoms with Crippen LogP contribution in [0.3, 0.4) is 0 Å². The van der Waals surface area contributed by atoms with Crippen molar-refractivity contribution < 1.29 is 22.8 Å². The van der Waals surface area contributed by atoms with Gasteiger partial charge in [-0.2, -0.15) is 13.2 Å². The maximum absolute atomic E-state index is 13.3. The topological polar surface area (TPSA) is 114 Å². The van der Waals surface area contributed by atoms with Crippen molar-refractivity contribution in [3.63, 3.8) is 0 Å². The fourth-order valence-electron chi connectivity index (χ4n) is 3.91. The van der Waals surface area contributed by atoms with Crippen LogP contribution in [0.2, 0.25) is 0 Å². The zero-order valence-electron chi connectivity index (χ0n) is 18.7. The van der Waals surface area contributed by atoms with Crippen molar-refractivity contribution in [1.29, 1.82) is 0 Å². The van der Waals surface area contributed by atoms with E-state index in [-0.39, 0.29) is 29.3 Å². The summed E-state index contributed by atoms with van der Waals surface area (Å²) in [5, 5.41) is 2.86. The second kappa shape index (κ2) is 10.1. The molecule has 0 aliphatic carbocycles. The molecule has 2 amide bonds. The van der Waals surface area contributed by atoms with E-state index in [1.165, 1.54) is 18.3 Å². The number of carbonyl (C=O) groups is 2. The van der Waals surface area contributed by atoms with Gasteiger partial charge < -0.3 is 16.0 Å². The first kappa shape index (κ1) is 24.1. The Kier molecular flexibility index (Phi) is 6.94. The van der Waals surface area contributed by atoms with Gasteiger partial charge in [0, 0.05) is 55.3 Å². The highest BCUT2D eigenvalue weighted by molar-refractivity contribution is 5.98. The van der Waals surface area contributed by atoms with E-state index in [0.717, 1.165) is 24.7 Å². The largest absolute Gasteiger partial charge is 0.433 e. The molecule has 0 unspecified atom stereocenters. The van der Waals surface area contributed by atoms with Crippen molar-refractivity contribution in [2.45, 2.75) is 38.4 Å². The Morgan fingerprint density at radius 3 is 2.57 bits per heavy atom. The molecule has 0 atom stereocenters. The molecule has 0 spiro atoms. The zero-order chi connectivity index (χ0) is 25.0. The van der Waals surface area contributed by atoms with E-state index in [4.69, 9.17) is 5.73 Å². The third kappa shape index (κ3) is 5.73. The minimum atomic E-state index is -4.61. The van der Waals surface area contributed by atoms with Crippen molar-refractivity contribution in [3.8, 4) is 0 Å². The molecule has 1 fully saturated rings. The molecular formula is C24H23F3N6O2. The van der Waals surface area contributed by atoms with Crippen LogP contribution < -0.4 is 16.0 Å². The van der Waals surface area contributed by atoms with Crippen LogP contribution in [0.15, 0.2) is 48.9 Å². The molecule has 1 aliphatic rings. The van der Waals surface area contributed by atoms with Crippen molar-refractivity contribution in [2.75, 3.05) is 16.8 Å². The van der Waals surface area contributed by atoms with Crippen LogP contribution in [0.1, 0.15) is 52.3 Å². The summed E-state index contributed by atoms with van der Waals surface area (Å²) in [6.07, 6.45) is 2.06. The number of amides is 2. The van der Waals surface area contributed by atoms with Gasteiger partial charge in [0.2, 0.25) is 5.91 Å². The smallest absolute Gasteiger partial charge is 0.380 e. The minimum absolute atomic E-state index is 0.0538. The van der Waals surface area contributed by atoms with Gasteiger partial charge in [0.15, 0.2) is 0 Å². The molecule has 3 N–H and O–H groups in total. The van der Waals surface area contributed by atoms with E-state index in [9.17, 15) is 22.8 Å². The summed E-state index contributed by atoms with van der Waals surface area (Å²) >= 11 is 0. The van der Waals surface area contributed by atoms with E-state index in [1.54, 1.807) is 23.2 Å². The lowest BCUT2D eigenvalue weighted by atomic mass is 10.1. The Bertz CT molecular complexity index is 1230. The van der Waals surface area contributed by atoms with Crippen LogP contribution in [-0.4, -0.2) is 33.3 Å². The predicted molar refractivity (Wildman–Crippen MR) is 123 cm³/mol. The van der Waals surface area contributed by atoms with E-state index in [1.807, 2.05) is 6.07 Å². The number of anilines is 2. The number of aromatic nitrogens is 3. The summed E-state index contributed by atoms with van der Waals surface area (Å²) in [6, 6.07) is 7.90. The number of nitrogens with zero attached hydrogens (tertiary/aromatic N) is 4. The number of halogens is 3. The standard InChI is InChI=1S/C24H23F3N6O2/c25-24(26,27)22-15(4-3-8-29-22)12-32-20-11-17(31-14-19(20)23(28)35)10-16-6-7-18(13-30-16)33-9-2-1-5-21(33)34/h3-4,6-8,11,13-14H,1-2,5,9-10,12H2,(H2,28,35)(H,31,32). The number of nitrogens with one attached hydrogen (secondary N) is 1. The molecular weight excluding hydrogens is 461 g/mol. The van der Waals surface area contributed by atoms with Gasteiger partial charge in [-0.15, -0.1) is 0 Å². The van der Waals surface area contributed by atoms with Crippen LogP contribution >= 0.6 is 0 Å². The molecule has 35 heavy (non-hydrogen) atoms. The quantitative estimate of drug-likeness (QED) is 0.529. The molecule has 0 saturated carbocycles. The van der Waals surface area contributed by atoms with Gasteiger partial charge in [-0.1, -0.05) is 6.07 Å². The van der Waals surface area contributed by atoms with Gasteiger partial charge in [-0.3, -0.25) is 24.5 Å². The molecule has 11 heteroatoms. The van der Waals surface area contributed by atoms with Crippen LogP contribution in [0, 0.1) is 0 Å². The van der Waals surface area contributed by atoms with Gasteiger partial charge in [0.1, 0.15) is 5.69 Å². The van der Waals surface area contributed by atoms with E-state index in [0.29, 0.717) is 30.8 Å². The Morgan fingerprint density at radius 1 is 1.09 bits per heavy atom. The fraction of sp³-hybridized carbons (Fsp3) is 0.292. The van der Waals surface area contributed by atoms with Crippen LogP contribution in [-0.2, 0) is 23.9 Å². The summed E-state index contributed by atoms with van der Waals surface area (Å²) in [6.45, 7) is 0.446. The molecule has 0 bridgehead atoms. The first-order valence-corrected chi connectivity index (χ1v) is 11.0. The highest BCUT2D eigenvalue weighted by atomic mass is 19.4. The van der Waals surface area contributed by atoms with Gasteiger partial charge in [0.05, 0.1) is 23.1 Å². The SMILES string of the molecule is NC(=O)c1cnc(Cc2ccc(N3CCCCC3=O)cn2)cc1NCc1cccnc1C(F)(F)F. The second-order valence-corrected chi connectivity index (χ2v) is 8.13. The molecule has 3 aromatic rings. The van der Waals surface area contributed by atoms with Crippen LogP contribution in [0.5, 0.6) is 0 Å². The molecule has 0 radical (unpaired) electrons. The zero-order valence-corrected chi connectivity index (χ0v) is 18.7. The van der Waals surface area contributed by atoms with E-state index in [2.05, 4.69) is 20.3 Å².